The predicted molar refractivity (Wildman–Crippen MR) is 129 cm³/mol. The summed E-state index contributed by atoms with van der Waals surface area (Å²) in [6.45, 7) is 8.25. The average molecular weight is 484 g/mol. The molecule has 1 atom stereocenters. The third kappa shape index (κ3) is 5.38. The maximum absolute atomic E-state index is 12.6. The van der Waals surface area contributed by atoms with Gasteiger partial charge in [0.15, 0.2) is 0 Å². The van der Waals surface area contributed by atoms with Gasteiger partial charge in [-0.05, 0) is 61.6 Å². The first-order valence-electron chi connectivity index (χ1n) is 10.3. The van der Waals surface area contributed by atoms with E-state index in [0.29, 0.717) is 5.92 Å². The Bertz CT molecular complexity index is 1360. The van der Waals surface area contributed by atoms with Gasteiger partial charge in [-0.3, -0.25) is 10.1 Å². The molecule has 0 aliphatic heterocycles. The van der Waals surface area contributed by atoms with E-state index in [0.717, 1.165) is 46.8 Å². The van der Waals surface area contributed by atoms with Gasteiger partial charge in [0, 0.05) is 34.9 Å². The van der Waals surface area contributed by atoms with Crippen molar-refractivity contribution in [1.82, 2.24) is 13.9 Å². The number of hydrogen-bond donors (Lipinski definition) is 1. The van der Waals surface area contributed by atoms with Gasteiger partial charge in [-0.2, -0.15) is 14.6 Å². The lowest BCUT2D eigenvalue weighted by Crippen LogP contribution is -2.13. The summed E-state index contributed by atoms with van der Waals surface area (Å²) in [4.78, 5) is 16.4. The van der Waals surface area contributed by atoms with Crippen molar-refractivity contribution in [2.75, 3.05) is 11.6 Å². The molecule has 1 unspecified atom stereocenters. The van der Waals surface area contributed by atoms with E-state index in [2.05, 4.69) is 57.4 Å². The minimum atomic E-state index is -3.58. The average Bonchev–Trinajstić information content (AvgIpc) is 3.35. The summed E-state index contributed by atoms with van der Waals surface area (Å²) < 4.78 is 28.8. The fourth-order valence-corrected chi connectivity index (χ4v) is 4.84. The Labute approximate surface area is 197 Å². The number of carbonyl (C=O) groups excluding carboxylic acids is 1. The molecule has 0 spiro atoms. The van der Waals surface area contributed by atoms with Crippen molar-refractivity contribution < 1.29 is 13.2 Å². The molecule has 2 aromatic heterocycles. The minimum Gasteiger partial charge on any atom is -0.318 e. The normalized spacial score (nSPS) is 12.9. The first-order valence-corrected chi connectivity index (χ1v) is 13.0. The summed E-state index contributed by atoms with van der Waals surface area (Å²) in [5.74, 6) is -0.195. The second-order valence-electron chi connectivity index (χ2n) is 7.84. The first kappa shape index (κ1) is 24.4. The van der Waals surface area contributed by atoms with Crippen molar-refractivity contribution in [2.45, 2.75) is 45.2 Å². The summed E-state index contributed by atoms with van der Waals surface area (Å²) in [6, 6.07) is 12.2. The lowest BCUT2D eigenvalue weighted by molar-refractivity contribution is -0.112. The third-order valence-corrected chi connectivity index (χ3v) is 7.02. The van der Waals surface area contributed by atoms with Gasteiger partial charge in [-0.15, -0.1) is 0 Å². The number of anilines is 1. The monoisotopic (exact) mass is 483 g/mol. The highest BCUT2D eigenvalue weighted by Crippen LogP contribution is 2.26. The highest BCUT2D eigenvalue weighted by atomic mass is 32.2. The molecule has 33 heavy (non-hydrogen) atoms. The molecule has 0 aliphatic carbocycles. The number of benzene rings is 1. The van der Waals surface area contributed by atoms with E-state index in [1.54, 1.807) is 0 Å². The molecule has 2 heterocycles. The van der Waals surface area contributed by atoms with E-state index >= 15 is 0 Å². The van der Waals surface area contributed by atoms with E-state index in [9.17, 15) is 18.5 Å². The molecule has 8 nitrogen and oxygen atoms in total. The van der Waals surface area contributed by atoms with Gasteiger partial charge in [0.2, 0.25) is 15.0 Å². The van der Waals surface area contributed by atoms with Crippen LogP contribution in [0.15, 0.2) is 41.1 Å². The lowest BCUT2D eigenvalue weighted by Gasteiger charge is -2.13. The van der Waals surface area contributed by atoms with Gasteiger partial charge >= 0.3 is 0 Å². The molecular weight excluding hydrogens is 458 g/mol. The fourth-order valence-electron chi connectivity index (χ4n) is 3.40. The van der Waals surface area contributed by atoms with E-state index in [1.807, 2.05) is 26.0 Å². The van der Waals surface area contributed by atoms with Crippen LogP contribution < -0.4 is 5.32 Å². The zero-order valence-corrected chi connectivity index (χ0v) is 20.7. The van der Waals surface area contributed by atoms with Crippen LogP contribution in [0.3, 0.4) is 0 Å². The van der Waals surface area contributed by atoms with Gasteiger partial charge in [-0.1, -0.05) is 26.0 Å². The third-order valence-electron chi connectivity index (χ3n) is 5.43. The smallest absolute Gasteiger partial charge is 0.268 e. The number of sulfone groups is 1. The van der Waals surface area contributed by atoms with Crippen LogP contribution >= 0.6 is 11.5 Å². The molecule has 0 aliphatic rings. The quantitative estimate of drug-likeness (QED) is 0.393. The van der Waals surface area contributed by atoms with Gasteiger partial charge in [-0.25, -0.2) is 8.42 Å². The zero-order valence-electron chi connectivity index (χ0n) is 19.1. The number of rotatable bonds is 7. The number of aromatic nitrogens is 3. The molecule has 10 heteroatoms. The Balaban J connectivity index is 1.88. The van der Waals surface area contributed by atoms with Crippen LogP contribution in [0.4, 0.5) is 5.13 Å². The molecule has 172 valence electrons. The summed E-state index contributed by atoms with van der Waals surface area (Å²) in [5.41, 5.74) is 4.75. The first-order chi connectivity index (χ1) is 15.5. The molecule has 1 aromatic carbocycles. The van der Waals surface area contributed by atoms with Gasteiger partial charge in [0.05, 0.1) is 0 Å². The Morgan fingerprint density at radius 3 is 2.52 bits per heavy atom. The highest BCUT2D eigenvalue weighted by Gasteiger charge is 2.18. The summed E-state index contributed by atoms with van der Waals surface area (Å²) in [5, 5.41) is 11.6. The molecule has 3 rings (SSSR count). The molecule has 1 N–H and O–H groups in total. The van der Waals surface area contributed by atoms with Crippen molar-refractivity contribution in [3.63, 3.8) is 0 Å². The number of amides is 1. The van der Waals surface area contributed by atoms with Crippen LogP contribution in [-0.2, 0) is 14.6 Å². The maximum atomic E-state index is 12.6. The van der Waals surface area contributed by atoms with Gasteiger partial charge < -0.3 is 4.57 Å². The highest BCUT2D eigenvalue weighted by molar-refractivity contribution is 7.90. The lowest BCUT2D eigenvalue weighted by atomic mass is 9.98. The van der Waals surface area contributed by atoms with Crippen LogP contribution in [-0.4, -0.2) is 34.5 Å². The van der Waals surface area contributed by atoms with Gasteiger partial charge in [0.1, 0.15) is 11.6 Å². The maximum Gasteiger partial charge on any atom is 0.268 e. The standard InChI is InChI=1S/C23H25N5O3S2/c1-6-14(2)17-7-9-20(10-8-17)28-15(3)11-18(16(28)4)12-19(13-24)21(29)25-22-26-23(27-32-22)33(5,30)31/h7-12,14H,6H2,1-5H3,(H,25,26,27,29). The van der Waals surface area contributed by atoms with E-state index in [4.69, 9.17) is 0 Å². The summed E-state index contributed by atoms with van der Waals surface area (Å²) in [6.07, 6.45) is 3.57. The molecular formula is C23H25N5O3S2. The predicted octanol–water partition coefficient (Wildman–Crippen LogP) is 4.41. The molecule has 0 saturated heterocycles. The molecule has 1 amide bonds. The number of carbonyl (C=O) groups is 1. The molecule has 0 fully saturated rings. The second-order valence-corrected chi connectivity index (χ2v) is 10.5. The Hall–Kier alpha value is -3.29. The van der Waals surface area contributed by atoms with Crippen LogP contribution in [0.2, 0.25) is 0 Å². The Kier molecular flexibility index (Phi) is 7.15. The number of nitrogens with one attached hydrogen (secondary N) is 1. The van der Waals surface area contributed by atoms with Crippen LogP contribution in [0.1, 0.15) is 48.7 Å². The van der Waals surface area contributed by atoms with Crippen molar-refractivity contribution in [3.05, 3.63) is 58.4 Å². The number of aryl methyl sites for hydroxylation is 1. The van der Waals surface area contributed by atoms with Crippen LogP contribution in [0.5, 0.6) is 0 Å². The summed E-state index contributed by atoms with van der Waals surface area (Å²) >= 11 is 0.738. The number of hydrogen-bond acceptors (Lipinski definition) is 7. The van der Waals surface area contributed by atoms with E-state index in [-0.39, 0.29) is 15.9 Å². The van der Waals surface area contributed by atoms with Crippen molar-refractivity contribution in [1.29, 1.82) is 5.26 Å². The SMILES string of the molecule is CCC(C)c1ccc(-n2c(C)cc(C=C(C#N)C(=O)Nc3nc(S(C)(=O)=O)ns3)c2C)cc1. The Morgan fingerprint density at radius 2 is 1.97 bits per heavy atom. The van der Waals surface area contributed by atoms with Crippen molar-refractivity contribution >= 4 is 38.5 Å². The van der Waals surface area contributed by atoms with Crippen LogP contribution in [0.25, 0.3) is 11.8 Å². The second kappa shape index (κ2) is 9.68. The molecule has 0 saturated carbocycles. The minimum absolute atomic E-state index is 0.00782. The fraction of sp³-hybridized carbons (Fsp3) is 0.304. The largest absolute Gasteiger partial charge is 0.318 e. The van der Waals surface area contributed by atoms with Crippen LogP contribution in [0, 0.1) is 25.2 Å². The topological polar surface area (TPSA) is 118 Å². The number of nitriles is 1. The molecule has 3 aromatic rings. The Morgan fingerprint density at radius 1 is 1.30 bits per heavy atom. The number of nitrogens with zero attached hydrogens (tertiary/aromatic N) is 4. The van der Waals surface area contributed by atoms with E-state index < -0.39 is 15.7 Å². The molecule has 0 radical (unpaired) electrons. The molecule has 0 bridgehead atoms. The summed E-state index contributed by atoms with van der Waals surface area (Å²) in [7, 11) is -3.58. The van der Waals surface area contributed by atoms with Crippen molar-refractivity contribution in [3.8, 4) is 11.8 Å². The zero-order chi connectivity index (χ0) is 24.3. The van der Waals surface area contributed by atoms with E-state index in [1.165, 1.54) is 11.6 Å². The van der Waals surface area contributed by atoms with Crippen molar-refractivity contribution in [2.24, 2.45) is 0 Å². The van der Waals surface area contributed by atoms with Gasteiger partial charge in [0.25, 0.3) is 11.1 Å².